The molecule has 0 aromatic heterocycles. The zero-order valence-corrected chi connectivity index (χ0v) is 10.5. The van der Waals surface area contributed by atoms with Gasteiger partial charge in [0.1, 0.15) is 0 Å². The second-order valence-electron chi connectivity index (χ2n) is 4.67. The maximum atomic E-state index is 5.34. The van der Waals surface area contributed by atoms with Crippen LogP contribution in [0.1, 0.15) is 33.6 Å². The van der Waals surface area contributed by atoms with E-state index in [2.05, 4.69) is 31.0 Å². The predicted molar refractivity (Wildman–Crippen MR) is 64.2 cm³/mol. The van der Waals surface area contributed by atoms with Crippen molar-refractivity contribution in [3.8, 4) is 0 Å². The average Bonchev–Trinajstić information content (AvgIpc) is 2.19. The second kappa shape index (κ2) is 7.20. The van der Waals surface area contributed by atoms with Crippen LogP contribution in [0.15, 0.2) is 0 Å². The molecule has 1 aliphatic heterocycles. The van der Waals surface area contributed by atoms with Crippen LogP contribution in [0.3, 0.4) is 0 Å². The van der Waals surface area contributed by atoms with Gasteiger partial charge >= 0.3 is 0 Å². The van der Waals surface area contributed by atoms with Gasteiger partial charge < -0.3 is 10.1 Å². The maximum Gasteiger partial charge on any atom is 0.0594 e. The monoisotopic (exact) mass is 214 g/mol. The normalized spacial score (nSPS) is 22.6. The first-order chi connectivity index (χ1) is 7.22. The maximum absolute atomic E-state index is 5.34. The van der Waals surface area contributed by atoms with Crippen molar-refractivity contribution in [1.29, 1.82) is 0 Å². The predicted octanol–water partition coefficient (Wildman–Crippen LogP) is 1.49. The molecule has 0 spiro atoms. The van der Waals surface area contributed by atoms with Crippen molar-refractivity contribution in [2.24, 2.45) is 0 Å². The van der Waals surface area contributed by atoms with Crippen LogP contribution in [0.4, 0.5) is 0 Å². The molecule has 1 aliphatic rings. The zero-order chi connectivity index (χ0) is 11.1. The number of hydrogen-bond donors (Lipinski definition) is 1. The van der Waals surface area contributed by atoms with Gasteiger partial charge in [0, 0.05) is 31.7 Å². The highest BCUT2D eigenvalue weighted by Gasteiger charge is 2.14. The Morgan fingerprint density at radius 3 is 2.47 bits per heavy atom. The third-order valence-electron chi connectivity index (χ3n) is 2.93. The molecule has 0 saturated carbocycles. The Morgan fingerprint density at radius 2 is 1.87 bits per heavy atom. The molecule has 15 heavy (non-hydrogen) atoms. The van der Waals surface area contributed by atoms with E-state index in [4.69, 9.17) is 4.74 Å². The molecule has 1 rings (SSSR count). The lowest BCUT2D eigenvalue weighted by Gasteiger charge is -2.30. The smallest absolute Gasteiger partial charge is 0.0594 e. The molecule has 0 aliphatic carbocycles. The van der Waals surface area contributed by atoms with Crippen molar-refractivity contribution in [3.05, 3.63) is 0 Å². The molecule has 3 heteroatoms. The molecule has 3 nitrogen and oxygen atoms in total. The van der Waals surface area contributed by atoms with E-state index in [0.29, 0.717) is 12.1 Å². The molecule has 0 amide bonds. The number of rotatable bonds is 6. The molecule has 1 saturated heterocycles. The average molecular weight is 214 g/mol. The van der Waals surface area contributed by atoms with E-state index in [-0.39, 0.29) is 0 Å². The zero-order valence-electron chi connectivity index (χ0n) is 10.5. The fourth-order valence-electron chi connectivity index (χ4n) is 2.23. The van der Waals surface area contributed by atoms with Crippen LogP contribution < -0.4 is 5.32 Å². The van der Waals surface area contributed by atoms with Crippen molar-refractivity contribution in [2.45, 2.75) is 45.7 Å². The SMILES string of the molecule is CCCC(C)NC(C)CN1CCOCC1. The largest absolute Gasteiger partial charge is 0.379 e. The van der Waals surface area contributed by atoms with Gasteiger partial charge in [0.25, 0.3) is 0 Å². The molecule has 1 fully saturated rings. The Bertz CT molecular complexity index is 158. The Kier molecular flexibility index (Phi) is 6.22. The van der Waals surface area contributed by atoms with E-state index in [9.17, 15) is 0 Å². The van der Waals surface area contributed by atoms with Gasteiger partial charge in [0.2, 0.25) is 0 Å². The van der Waals surface area contributed by atoms with Crippen molar-refractivity contribution >= 4 is 0 Å². The highest BCUT2D eigenvalue weighted by Crippen LogP contribution is 2.01. The van der Waals surface area contributed by atoms with Gasteiger partial charge in [-0.1, -0.05) is 13.3 Å². The van der Waals surface area contributed by atoms with Crippen LogP contribution in [0.25, 0.3) is 0 Å². The third kappa shape index (κ3) is 5.50. The third-order valence-corrected chi connectivity index (χ3v) is 2.93. The molecule has 1 N–H and O–H groups in total. The number of nitrogens with one attached hydrogen (secondary N) is 1. The van der Waals surface area contributed by atoms with E-state index in [1.54, 1.807) is 0 Å². The van der Waals surface area contributed by atoms with Gasteiger partial charge in [-0.15, -0.1) is 0 Å². The molecular formula is C12H26N2O. The molecule has 2 atom stereocenters. The van der Waals surface area contributed by atoms with Crippen LogP contribution in [-0.2, 0) is 4.74 Å². The van der Waals surface area contributed by atoms with Crippen LogP contribution in [0.2, 0.25) is 0 Å². The van der Waals surface area contributed by atoms with E-state index in [1.807, 2.05) is 0 Å². The van der Waals surface area contributed by atoms with E-state index >= 15 is 0 Å². The lowest BCUT2D eigenvalue weighted by atomic mass is 10.1. The lowest BCUT2D eigenvalue weighted by molar-refractivity contribution is 0.0339. The van der Waals surface area contributed by atoms with E-state index in [0.717, 1.165) is 32.8 Å². The molecule has 1 heterocycles. The van der Waals surface area contributed by atoms with Crippen molar-refractivity contribution in [1.82, 2.24) is 10.2 Å². The first-order valence-corrected chi connectivity index (χ1v) is 6.28. The highest BCUT2D eigenvalue weighted by molar-refractivity contribution is 4.72. The number of nitrogens with zero attached hydrogens (tertiary/aromatic N) is 1. The summed E-state index contributed by atoms with van der Waals surface area (Å²) < 4.78 is 5.34. The van der Waals surface area contributed by atoms with Crippen LogP contribution in [0.5, 0.6) is 0 Å². The molecule has 0 bridgehead atoms. The lowest BCUT2D eigenvalue weighted by Crippen LogP contribution is -2.46. The summed E-state index contributed by atoms with van der Waals surface area (Å²) in [5.41, 5.74) is 0. The fourth-order valence-corrected chi connectivity index (χ4v) is 2.23. The van der Waals surface area contributed by atoms with Crippen molar-refractivity contribution < 1.29 is 4.74 Å². The van der Waals surface area contributed by atoms with Crippen molar-refractivity contribution in [3.63, 3.8) is 0 Å². The summed E-state index contributed by atoms with van der Waals surface area (Å²) in [5.74, 6) is 0. The van der Waals surface area contributed by atoms with Crippen molar-refractivity contribution in [2.75, 3.05) is 32.8 Å². The first kappa shape index (κ1) is 12.9. The Morgan fingerprint density at radius 1 is 1.20 bits per heavy atom. The summed E-state index contributed by atoms with van der Waals surface area (Å²) in [6.45, 7) is 11.9. The molecule has 0 aromatic carbocycles. The summed E-state index contributed by atoms with van der Waals surface area (Å²) in [4.78, 5) is 2.49. The molecule has 90 valence electrons. The Balaban J connectivity index is 2.13. The Hall–Kier alpha value is -0.120. The summed E-state index contributed by atoms with van der Waals surface area (Å²) >= 11 is 0. The minimum Gasteiger partial charge on any atom is -0.379 e. The molecule has 0 radical (unpaired) electrons. The van der Waals surface area contributed by atoms with Crippen LogP contribution in [-0.4, -0.2) is 49.8 Å². The van der Waals surface area contributed by atoms with E-state index < -0.39 is 0 Å². The van der Waals surface area contributed by atoms with Gasteiger partial charge in [-0.2, -0.15) is 0 Å². The fraction of sp³-hybridized carbons (Fsp3) is 1.00. The summed E-state index contributed by atoms with van der Waals surface area (Å²) in [6.07, 6.45) is 2.53. The summed E-state index contributed by atoms with van der Waals surface area (Å²) in [6, 6.07) is 1.23. The molecule has 2 unspecified atom stereocenters. The van der Waals surface area contributed by atoms with Gasteiger partial charge in [-0.05, 0) is 20.3 Å². The second-order valence-corrected chi connectivity index (χ2v) is 4.67. The minimum atomic E-state index is 0.588. The number of ether oxygens (including phenoxy) is 1. The van der Waals surface area contributed by atoms with Crippen LogP contribution in [0, 0.1) is 0 Å². The summed E-state index contributed by atoms with van der Waals surface area (Å²) in [7, 11) is 0. The van der Waals surface area contributed by atoms with Gasteiger partial charge in [-0.3, -0.25) is 4.90 Å². The van der Waals surface area contributed by atoms with E-state index in [1.165, 1.54) is 12.8 Å². The number of morpholine rings is 1. The van der Waals surface area contributed by atoms with Gasteiger partial charge in [0.15, 0.2) is 0 Å². The number of hydrogen-bond acceptors (Lipinski definition) is 3. The standard InChI is InChI=1S/C12H26N2O/c1-4-5-11(2)13-12(3)10-14-6-8-15-9-7-14/h11-13H,4-10H2,1-3H3. The minimum absolute atomic E-state index is 0.588. The molecular weight excluding hydrogens is 188 g/mol. The first-order valence-electron chi connectivity index (χ1n) is 6.28. The van der Waals surface area contributed by atoms with Gasteiger partial charge in [0.05, 0.1) is 13.2 Å². The Labute approximate surface area is 94.2 Å². The quantitative estimate of drug-likeness (QED) is 0.725. The molecule has 0 aromatic rings. The van der Waals surface area contributed by atoms with Gasteiger partial charge in [-0.25, -0.2) is 0 Å². The summed E-state index contributed by atoms with van der Waals surface area (Å²) in [5, 5.41) is 3.65. The topological polar surface area (TPSA) is 24.5 Å². The van der Waals surface area contributed by atoms with Crippen LogP contribution >= 0.6 is 0 Å². The highest BCUT2D eigenvalue weighted by atomic mass is 16.5.